The fourth-order valence-electron chi connectivity index (χ4n) is 1.11. The van der Waals surface area contributed by atoms with Crippen molar-refractivity contribution >= 4 is 5.52 Å². The van der Waals surface area contributed by atoms with Gasteiger partial charge >= 0.3 is 0 Å². The van der Waals surface area contributed by atoms with Crippen LogP contribution in [0.2, 0.25) is 0 Å². The van der Waals surface area contributed by atoms with Gasteiger partial charge in [0.15, 0.2) is 0 Å². The molecule has 2 rings (SSSR count). The number of hydrogen-bond donors (Lipinski definition) is 0. The number of rotatable bonds is 0. The summed E-state index contributed by atoms with van der Waals surface area (Å²) in [6, 6.07) is 4.81. The summed E-state index contributed by atoms with van der Waals surface area (Å²) < 4.78 is 14.5. The maximum atomic E-state index is 12.9. The van der Waals surface area contributed by atoms with Crippen molar-refractivity contribution in [2.75, 3.05) is 0 Å². The lowest BCUT2D eigenvalue weighted by molar-refractivity contribution is 0.628. The van der Waals surface area contributed by atoms with E-state index in [2.05, 4.69) is 5.10 Å². The molecule has 0 atom stereocenters. The Balaban J connectivity index is 2.96. The van der Waals surface area contributed by atoms with Crippen LogP contribution in [0.25, 0.3) is 5.52 Å². The molecule has 0 bridgehead atoms. The number of aryl methyl sites for hydroxylation is 1. The minimum absolute atomic E-state index is 0.229. The van der Waals surface area contributed by atoms with Crippen molar-refractivity contribution < 1.29 is 4.39 Å². The summed E-state index contributed by atoms with van der Waals surface area (Å²) in [6.07, 6.45) is 1.59. The molecule has 0 spiro atoms. The number of nitrogens with zero attached hydrogens (tertiary/aromatic N) is 2. The highest BCUT2D eigenvalue weighted by atomic mass is 19.1. The summed E-state index contributed by atoms with van der Waals surface area (Å²) in [5.74, 6) is -0.229. The van der Waals surface area contributed by atoms with Crippen molar-refractivity contribution in [3.63, 3.8) is 0 Å². The lowest BCUT2D eigenvalue weighted by Crippen LogP contribution is -1.93. The Bertz CT molecular complexity index is 356. The molecule has 0 saturated carbocycles. The second-order valence-electron chi connectivity index (χ2n) is 2.45. The van der Waals surface area contributed by atoms with Crippen LogP contribution in [0.15, 0.2) is 24.4 Å². The van der Waals surface area contributed by atoms with Gasteiger partial charge in [0.2, 0.25) is 0 Å². The number of hydrogen-bond acceptors (Lipinski definition) is 1. The highest BCUT2D eigenvalue weighted by molar-refractivity contribution is 5.47. The van der Waals surface area contributed by atoms with Crippen LogP contribution < -0.4 is 0 Å². The van der Waals surface area contributed by atoms with Gasteiger partial charge in [0, 0.05) is 5.69 Å². The van der Waals surface area contributed by atoms with Gasteiger partial charge in [-0.25, -0.2) is 8.91 Å². The van der Waals surface area contributed by atoms with E-state index in [1.54, 1.807) is 22.8 Å². The van der Waals surface area contributed by atoms with E-state index in [4.69, 9.17) is 0 Å². The summed E-state index contributed by atoms with van der Waals surface area (Å²) >= 11 is 0. The molecule has 2 aromatic rings. The van der Waals surface area contributed by atoms with Gasteiger partial charge in [-0.1, -0.05) is 0 Å². The topological polar surface area (TPSA) is 17.3 Å². The number of pyridine rings is 1. The SMILES string of the molecule is Cc1ccc(F)c2ccnn12. The molecule has 0 N–H and O–H groups in total. The maximum Gasteiger partial charge on any atom is 0.148 e. The van der Waals surface area contributed by atoms with Gasteiger partial charge < -0.3 is 0 Å². The molecule has 0 aliphatic carbocycles. The molecule has 11 heavy (non-hydrogen) atoms. The van der Waals surface area contributed by atoms with Crippen molar-refractivity contribution in [1.82, 2.24) is 9.61 Å². The van der Waals surface area contributed by atoms with Crippen molar-refractivity contribution in [2.24, 2.45) is 0 Å². The van der Waals surface area contributed by atoms with E-state index in [0.29, 0.717) is 5.52 Å². The number of fused-ring (bicyclic) bond motifs is 1. The molecular weight excluding hydrogens is 143 g/mol. The molecule has 0 aromatic carbocycles. The molecule has 0 unspecified atom stereocenters. The van der Waals surface area contributed by atoms with Crippen LogP contribution in [0.4, 0.5) is 4.39 Å². The minimum Gasteiger partial charge on any atom is -0.235 e. The van der Waals surface area contributed by atoms with Gasteiger partial charge in [-0.15, -0.1) is 0 Å². The van der Waals surface area contributed by atoms with E-state index in [1.165, 1.54) is 6.07 Å². The average Bonchev–Trinajstić information content (AvgIpc) is 2.45. The van der Waals surface area contributed by atoms with Crippen molar-refractivity contribution in [1.29, 1.82) is 0 Å². The average molecular weight is 150 g/mol. The zero-order valence-electron chi connectivity index (χ0n) is 6.08. The monoisotopic (exact) mass is 150 g/mol. The predicted molar refractivity (Wildman–Crippen MR) is 39.9 cm³/mol. The van der Waals surface area contributed by atoms with Gasteiger partial charge in [0.25, 0.3) is 0 Å². The van der Waals surface area contributed by atoms with Crippen LogP contribution >= 0.6 is 0 Å². The fraction of sp³-hybridized carbons (Fsp3) is 0.125. The molecule has 3 heteroatoms. The zero-order valence-corrected chi connectivity index (χ0v) is 6.08. The van der Waals surface area contributed by atoms with Gasteiger partial charge in [-0.3, -0.25) is 0 Å². The lowest BCUT2D eigenvalue weighted by Gasteiger charge is -1.97. The highest BCUT2D eigenvalue weighted by Crippen LogP contribution is 2.09. The molecule has 0 amide bonds. The van der Waals surface area contributed by atoms with Crippen LogP contribution in [0.3, 0.4) is 0 Å². The summed E-state index contributed by atoms with van der Waals surface area (Å²) in [6.45, 7) is 1.89. The van der Waals surface area contributed by atoms with Gasteiger partial charge in [-0.2, -0.15) is 5.10 Å². The molecular formula is C8H7FN2. The van der Waals surface area contributed by atoms with Crippen molar-refractivity contribution in [3.05, 3.63) is 35.9 Å². The number of aromatic nitrogens is 2. The van der Waals surface area contributed by atoms with E-state index >= 15 is 0 Å². The van der Waals surface area contributed by atoms with E-state index in [0.717, 1.165) is 5.69 Å². The van der Waals surface area contributed by atoms with Gasteiger partial charge in [-0.05, 0) is 25.1 Å². The second kappa shape index (κ2) is 2.05. The molecule has 0 radical (unpaired) electrons. The van der Waals surface area contributed by atoms with E-state index in [1.807, 2.05) is 6.92 Å². The summed E-state index contributed by atoms with van der Waals surface area (Å²) in [7, 11) is 0. The Morgan fingerprint density at radius 2 is 2.18 bits per heavy atom. The molecule has 56 valence electrons. The third-order valence-corrected chi connectivity index (χ3v) is 1.69. The Morgan fingerprint density at radius 3 is 2.91 bits per heavy atom. The molecule has 0 saturated heterocycles. The van der Waals surface area contributed by atoms with E-state index < -0.39 is 0 Å². The first-order valence-electron chi connectivity index (χ1n) is 3.38. The molecule has 0 aliphatic rings. The lowest BCUT2D eigenvalue weighted by atomic mass is 10.3. The molecule has 0 fully saturated rings. The van der Waals surface area contributed by atoms with E-state index in [-0.39, 0.29) is 5.82 Å². The standard InChI is InChI=1S/C8H7FN2/c1-6-2-3-7(9)8-4-5-10-11(6)8/h2-5H,1H3. The Labute approximate surface area is 63.3 Å². The summed E-state index contributed by atoms with van der Waals surface area (Å²) in [5.41, 5.74) is 1.47. The molecule has 2 aromatic heterocycles. The number of halogens is 1. The van der Waals surface area contributed by atoms with Crippen LogP contribution in [0, 0.1) is 12.7 Å². The minimum atomic E-state index is -0.229. The molecule has 0 aliphatic heterocycles. The Kier molecular flexibility index (Phi) is 1.18. The van der Waals surface area contributed by atoms with Gasteiger partial charge in [0.05, 0.1) is 6.20 Å². The van der Waals surface area contributed by atoms with Crippen molar-refractivity contribution in [2.45, 2.75) is 6.92 Å². The molecule has 2 nitrogen and oxygen atoms in total. The fourth-order valence-corrected chi connectivity index (χ4v) is 1.11. The summed E-state index contributed by atoms with van der Waals surface area (Å²) in [4.78, 5) is 0. The van der Waals surface area contributed by atoms with Gasteiger partial charge in [0.1, 0.15) is 11.3 Å². The zero-order chi connectivity index (χ0) is 7.84. The smallest absolute Gasteiger partial charge is 0.148 e. The predicted octanol–water partition coefficient (Wildman–Crippen LogP) is 1.78. The summed E-state index contributed by atoms with van der Waals surface area (Å²) in [5, 5.41) is 3.96. The Morgan fingerprint density at radius 1 is 1.36 bits per heavy atom. The van der Waals surface area contributed by atoms with E-state index in [9.17, 15) is 4.39 Å². The largest absolute Gasteiger partial charge is 0.235 e. The second-order valence-corrected chi connectivity index (χ2v) is 2.45. The van der Waals surface area contributed by atoms with Crippen LogP contribution in [0.5, 0.6) is 0 Å². The van der Waals surface area contributed by atoms with Crippen LogP contribution in [-0.4, -0.2) is 9.61 Å². The first-order valence-corrected chi connectivity index (χ1v) is 3.38. The van der Waals surface area contributed by atoms with Crippen molar-refractivity contribution in [3.8, 4) is 0 Å². The third kappa shape index (κ3) is 0.808. The normalized spacial score (nSPS) is 10.7. The molecule has 2 heterocycles. The maximum absolute atomic E-state index is 12.9. The van der Waals surface area contributed by atoms with Crippen LogP contribution in [0.1, 0.15) is 5.69 Å². The van der Waals surface area contributed by atoms with Crippen LogP contribution in [-0.2, 0) is 0 Å². The third-order valence-electron chi connectivity index (χ3n) is 1.69. The highest BCUT2D eigenvalue weighted by Gasteiger charge is 2.01. The first-order chi connectivity index (χ1) is 5.29. The quantitative estimate of drug-likeness (QED) is 0.559. The Hall–Kier alpha value is -1.38. The first kappa shape index (κ1) is 6.34.